The number of ether oxygens (including phenoxy) is 1. The molecular weight excluding hydrogens is 442 g/mol. The van der Waals surface area contributed by atoms with Gasteiger partial charge in [0.25, 0.3) is 0 Å². The number of nitrogens with one attached hydrogen (secondary N) is 1. The standard InChI is InChI=1S/C24H29N3O3S2/c1-14-15(2)18(13-25)22(26-16(14)3)31-12-11-20(28)27-23-21(24(29)30-4)17-9-7-5-6-8-10-19(17)32-23/h5-12H2,1-4H3,(H,27,28). The van der Waals surface area contributed by atoms with Crippen molar-refractivity contribution in [1.29, 1.82) is 5.26 Å². The molecule has 1 aliphatic carbocycles. The molecule has 0 saturated heterocycles. The van der Waals surface area contributed by atoms with Gasteiger partial charge in [0.1, 0.15) is 16.1 Å². The van der Waals surface area contributed by atoms with Crippen molar-refractivity contribution in [2.24, 2.45) is 0 Å². The third-order valence-electron chi connectivity index (χ3n) is 5.96. The Morgan fingerprint density at radius 1 is 1.16 bits per heavy atom. The number of nitriles is 1. The number of nitrogens with zero attached hydrogens (tertiary/aromatic N) is 2. The third-order valence-corrected chi connectivity index (χ3v) is 8.14. The van der Waals surface area contributed by atoms with Crippen molar-refractivity contribution >= 4 is 40.0 Å². The van der Waals surface area contributed by atoms with Gasteiger partial charge in [-0.05, 0) is 63.1 Å². The smallest absolute Gasteiger partial charge is 0.341 e. The number of hydrogen-bond acceptors (Lipinski definition) is 7. The van der Waals surface area contributed by atoms with Crippen LogP contribution in [0.5, 0.6) is 0 Å². The van der Waals surface area contributed by atoms with Gasteiger partial charge in [-0.15, -0.1) is 23.1 Å². The van der Waals surface area contributed by atoms with Crippen LogP contribution in [0.4, 0.5) is 5.00 Å². The Morgan fingerprint density at radius 3 is 2.56 bits per heavy atom. The number of aromatic nitrogens is 1. The number of thiophene rings is 1. The van der Waals surface area contributed by atoms with Crippen molar-refractivity contribution in [3.05, 3.63) is 38.4 Å². The number of amides is 1. The molecule has 2 heterocycles. The van der Waals surface area contributed by atoms with E-state index in [2.05, 4.69) is 16.4 Å². The number of aryl methyl sites for hydroxylation is 2. The molecule has 0 bridgehead atoms. The molecule has 170 valence electrons. The first-order valence-corrected chi connectivity index (χ1v) is 12.7. The average molecular weight is 472 g/mol. The van der Waals surface area contributed by atoms with Gasteiger partial charge < -0.3 is 10.1 Å². The van der Waals surface area contributed by atoms with E-state index in [0.29, 0.717) is 26.9 Å². The Labute approximate surface area is 197 Å². The normalized spacial score (nSPS) is 13.5. The summed E-state index contributed by atoms with van der Waals surface area (Å²) in [5.74, 6) is -0.0502. The summed E-state index contributed by atoms with van der Waals surface area (Å²) in [6, 6.07) is 2.24. The molecular formula is C24H29N3O3S2. The number of carbonyl (C=O) groups is 2. The molecule has 0 radical (unpaired) electrons. The molecule has 1 amide bonds. The third kappa shape index (κ3) is 5.33. The second-order valence-electron chi connectivity index (χ2n) is 8.00. The van der Waals surface area contributed by atoms with Crippen LogP contribution in [-0.4, -0.2) is 29.7 Å². The molecule has 0 atom stereocenters. The van der Waals surface area contributed by atoms with Gasteiger partial charge in [0.05, 0.1) is 18.2 Å². The molecule has 32 heavy (non-hydrogen) atoms. The fourth-order valence-electron chi connectivity index (χ4n) is 3.90. The zero-order valence-electron chi connectivity index (χ0n) is 19.1. The summed E-state index contributed by atoms with van der Waals surface area (Å²) >= 11 is 2.92. The van der Waals surface area contributed by atoms with E-state index in [4.69, 9.17) is 4.74 Å². The van der Waals surface area contributed by atoms with Crippen molar-refractivity contribution in [2.75, 3.05) is 18.2 Å². The Balaban J connectivity index is 1.71. The monoisotopic (exact) mass is 471 g/mol. The van der Waals surface area contributed by atoms with Gasteiger partial charge in [-0.2, -0.15) is 5.26 Å². The van der Waals surface area contributed by atoms with E-state index in [1.165, 1.54) is 41.5 Å². The minimum atomic E-state index is -0.388. The van der Waals surface area contributed by atoms with E-state index >= 15 is 0 Å². The van der Waals surface area contributed by atoms with E-state index in [9.17, 15) is 14.9 Å². The maximum Gasteiger partial charge on any atom is 0.341 e. The first-order valence-electron chi connectivity index (χ1n) is 10.9. The van der Waals surface area contributed by atoms with Crippen LogP contribution in [0.3, 0.4) is 0 Å². The largest absolute Gasteiger partial charge is 0.465 e. The lowest BCUT2D eigenvalue weighted by Crippen LogP contribution is -2.15. The van der Waals surface area contributed by atoms with Gasteiger partial charge in [-0.3, -0.25) is 4.79 Å². The van der Waals surface area contributed by atoms with Gasteiger partial charge in [0.15, 0.2) is 0 Å². The lowest BCUT2D eigenvalue weighted by molar-refractivity contribution is -0.115. The lowest BCUT2D eigenvalue weighted by Gasteiger charge is -2.11. The van der Waals surface area contributed by atoms with Gasteiger partial charge in [-0.25, -0.2) is 9.78 Å². The van der Waals surface area contributed by atoms with Crippen molar-refractivity contribution in [3.63, 3.8) is 0 Å². The Bertz CT molecular complexity index is 1070. The molecule has 0 aromatic carbocycles. The Morgan fingerprint density at radius 2 is 1.88 bits per heavy atom. The molecule has 8 heteroatoms. The Kier molecular flexibility index (Phi) is 8.32. The molecule has 1 aliphatic rings. The van der Waals surface area contributed by atoms with Gasteiger partial charge in [0, 0.05) is 22.7 Å². The topological polar surface area (TPSA) is 92.1 Å². The van der Waals surface area contributed by atoms with E-state index in [1.807, 2.05) is 20.8 Å². The highest BCUT2D eigenvalue weighted by atomic mass is 32.2. The zero-order chi connectivity index (χ0) is 23.3. The Hall–Kier alpha value is -2.37. The molecule has 0 fully saturated rings. The predicted octanol–water partition coefficient (Wildman–Crippen LogP) is 5.51. The number of thioether (sulfide) groups is 1. The van der Waals surface area contributed by atoms with Crippen molar-refractivity contribution in [2.45, 2.75) is 70.7 Å². The van der Waals surface area contributed by atoms with E-state index < -0.39 is 0 Å². The number of rotatable bonds is 6. The van der Waals surface area contributed by atoms with Crippen LogP contribution in [-0.2, 0) is 22.4 Å². The second-order valence-corrected chi connectivity index (χ2v) is 10.2. The van der Waals surface area contributed by atoms with Crippen molar-refractivity contribution in [1.82, 2.24) is 4.98 Å². The highest BCUT2D eigenvalue weighted by Crippen LogP contribution is 2.37. The number of anilines is 1. The first-order chi connectivity index (χ1) is 15.4. The van der Waals surface area contributed by atoms with Crippen LogP contribution in [0.15, 0.2) is 5.03 Å². The number of fused-ring (bicyclic) bond motifs is 1. The number of esters is 1. The second kappa shape index (κ2) is 11.0. The molecule has 0 aliphatic heterocycles. The molecule has 1 N–H and O–H groups in total. The van der Waals surface area contributed by atoms with Crippen LogP contribution in [0.1, 0.15) is 75.3 Å². The van der Waals surface area contributed by atoms with Crippen molar-refractivity contribution < 1.29 is 14.3 Å². The van der Waals surface area contributed by atoms with Crippen LogP contribution in [0.25, 0.3) is 0 Å². The molecule has 0 unspecified atom stereocenters. The summed E-state index contributed by atoms with van der Waals surface area (Å²) in [5.41, 5.74) is 4.99. The molecule has 6 nitrogen and oxygen atoms in total. The van der Waals surface area contributed by atoms with Crippen LogP contribution < -0.4 is 5.32 Å². The van der Waals surface area contributed by atoms with Gasteiger partial charge in [-0.1, -0.05) is 12.8 Å². The number of hydrogen-bond donors (Lipinski definition) is 1. The van der Waals surface area contributed by atoms with E-state index in [0.717, 1.165) is 54.5 Å². The summed E-state index contributed by atoms with van der Waals surface area (Å²) in [6.45, 7) is 5.82. The molecule has 2 aromatic heterocycles. The van der Waals surface area contributed by atoms with Crippen molar-refractivity contribution in [3.8, 4) is 6.07 Å². The summed E-state index contributed by atoms with van der Waals surface area (Å²) in [6.07, 6.45) is 6.53. The maximum absolute atomic E-state index is 12.7. The zero-order valence-corrected chi connectivity index (χ0v) is 20.7. The molecule has 2 aromatic rings. The summed E-state index contributed by atoms with van der Waals surface area (Å²) in [4.78, 5) is 30.9. The van der Waals surface area contributed by atoms with Gasteiger partial charge in [0.2, 0.25) is 5.91 Å². The fraction of sp³-hybridized carbons (Fsp3) is 0.500. The summed E-state index contributed by atoms with van der Waals surface area (Å²) < 4.78 is 5.02. The quantitative estimate of drug-likeness (QED) is 0.441. The minimum absolute atomic E-state index is 0.157. The van der Waals surface area contributed by atoms with Crippen LogP contribution in [0.2, 0.25) is 0 Å². The fourth-order valence-corrected chi connectivity index (χ4v) is 6.22. The SMILES string of the molecule is COC(=O)c1c(NC(=O)CCSc2nc(C)c(C)c(C)c2C#N)sc2c1CCCCCC2. The number of carbonyl (C=O) groups excluding carboxylic acids is 2. The summed E-state index contributed by atoms with van der Waals surface area (Å²) in [7, 11) is 1.38. The number of methoxy groups -OCH3 is 1. The van der Waals surface area contributed by atoms with Crippen LogP contribution in [0, 0.1) is 32.1 Å². The van der Waals surface area contributed by atoms with Gasteiger partial charge >= 0.3 is 5.97 Å². The highest BCUT2D eigenvalue weighted by Gasteiger charge is 2.26. The average Bonchev–Trinajstić information content (AvgIpc) is 3.07. The minimum Gasteiger partial charge on any atom is -0.465 e. The highest BCUT2D eigenvalue weighted by molar-refractivity contribution is 7.99. The number of pyridine rings is 1. The molecule has 3 rings (SSSR count). The first kappa shape index (κ1) is 24.3. The van der Waals surface area contributed by atoms with Crippen LogP contribution >= 0.6 is 23.1 Å². The predicted molar refractivity (Wildman–Crippen MR) is 129 cm³/mol. The summed E-state index contributed by atoms with van der Waals surface area (Å²) in [5, 5.41) is 13.7. The molecule has 0 spiro atoms. The lowest BCUT2D eigenvalue weighted by atomic mass is 9.96. The molecule has 0 saturated carbocycles. The van der Waals surface area contributed by atoms with E-state index in [1.54, 1.807) is 0 Å². The van der Waals surface area contributed by atoms with E-state index in [-0.39, 0.29) is 18.3 Å². The maximum atomic E-state index is 12.7.